The minimum absolute atomic E-state index is 0.441. The van der Waals surface area contributed by atoms with E-state index in [-0.39, 0.29) is 0 Å². The minimum Gasteiger partial charge on any atom is -0.366 e. The topological polar surface area (TPSA) is 62.5 Å². The molecule has 0 saturated heterocycles. The first-order chi connectivity index (χ1) is 10.6. The van der Waals surface area contributed by atoms with E-state index >= 15 is 0 Å². The number of rotatable bonds is 8. The molecule has 1 aromatic carbocycles. The zero-order valence-corrected chi connectivity index (χ0v) is 14.2. The van der Waals surface area contributed by atoms with Crippen molar-refractivity contribution in [2.75, 3.05) is 38.1 Å². The lowest BCUT2D eigenvalue weighted by Gasteiger charge is -2.20. The highest BCUT2D eigenvalue weighted by atomic mass is 32.1. The van der Waals surface area contributed by atoms with Gasteiger partial charge in [-0.05, 0) is 44.3 Å². The molecule has 0 aliphatic rings. The van der Waals surface area contributed by atoms with Crippen molar-refractivity contribution in [3.8, 4) is 0 Å². The molecule has 119 valence electrons. The highest BCUT2D eigenvalue weighted by Crippen LogP contribution is 2.29. The first-order valence-corrected chi connectivity index (χ1v) is 8.42. The van der Waals surface area contributed by atoms with E-state index in [9.17, 15) is 4.79 Å². The van der Waals surface area contributed by atoms with Gasteiger partial charge in [0.2, 0.25) is 0 Å². The summed E-state index contributed by atoms with van der Waals surface area (Å²) in [6.45, 7) is 8.55. The summed E-state index contributed by atoms with van der Waals surface area (Å²) in [6.07, 6.45) is 1.09. The van der Waals surface area contributed by atoms with Crippen LogP contribution >= 0.6 is 11.3 Å². The molecule has 0 spiro atoms. The van der Waals surface area contributed by atoms with Gasteiger partial charge in [0, 0.05) is 13.6 Å². The van der Waals surface area contributed by atoms with E-state index < -0.39 is 5.91 Å². The summed E-state index contributed by atoms with van der Waals surface area (Å²) in [6, 6.07) is 6.41. The molecule has 2 rings (SSSR count). The van der Waals surface area contributed by atoms with E-state index in [0.717, 1.165) is 42.4 Å². The van der Waals surface area contributed by atoms with Gasteiger partial charge in [0.15, 0.2) is 5.13 Å². The number of hydrogen-bond donors (Lipinski definition) is 1. The highest BCUT2D eigenvalue weighted by Gasteiger charge is 2.14. The fraction of sp³-hybridized carbons (Fsp3) is 0.500. The first kappa shape index (κ1) is 16.7. The van der Waals surface area contributed by atoms with E-state index in [4.69, 9.17) is 5.73 Å². The van der Waals surface area contributed by atoms with E-state index in [1.807, 2.05) is 13.1 Å². The van der Waals surface area contributed by atoms with Gasteiger partial charge in [-0.15, -0.1) is 0 Å². The summed E-state index contributed by atoms with van der Waals surface area (Å²) in [4.78, 5) is 20.6. The van der Waals surface area contributed by atoms with Crippen LogP contribution in [0.3, 0.4) is 0 Å². The van der Waals surface area contributed by atoms with Crippen molar-refractivity contribution in [3.63, 3.8) is 0 Å². The Morgan fingerprint density at radius 1 is 1.32 bits per heavy atom. The summed E-state index contributed by atoms with van der Waals surface area (Å²) >= 11 is 1.57. The molecule has 1 radical (unpaired) electrons. The van der Waals surface area contributed by atoms with Crippen molar-refractivity contribution in [2.24, 2.45) is 5.73 Å². The Kier molecular flexibility index (Phi) is 5.74. The number of carbonyl (C=O) groups excluding carboxylic acids is 1. The van der Waals surface area contributed by atoms with Crippen LogP contribution in [0, 0.1) is 6.07 Å². The Bertz CT molecular complexity index is 636. The van der Waals surface area contributed by atoms with Crippen LogP contribution in [-0.2, 0) is 0 Å². The minimum atomic E-state index is -0.456. The second-order valence-corrected chi connectivity index (χ2v) is 6.25. The number of benzene rings is 1. The highest BCUT2D eigenvalue weighted by molar-refractivity contribution is 7.22. The molecule has 0 bridgehead atoms. The largest absolute Gasteiger partial charge is 0.366 e. The molecule has 1 amide bonds. The molecular weight excluding hydrogens is 296 g/mol. The molecule has 22 heavy (non-hydrogen) atoms. The van der Waals surface area contributed by atoms with Gasteiger partial charge in [-0.1, -0.05) is 25.2 Å². The van der Waals surface area contributed by atoms with Crippen LogP contribution < -0.4 is 10.6 Å². The van der Waals surface area contributed by atoms with Crippen LogP contribution in [0.4, 0.5) is 5.13 Å². The molecule has 0 aliphatic heterocycles. The number of primary amides is 1. The van der Waals surface area contributed by atoms with Crippen LogP contribution in [0.2, 0.25) is 0 Å². The number of nitrogens with two attached hydrogens (primary N) is 1. The molecule has 0 unspecified atom stereocenters. The molecule has 2 aromatic rings. The van der Waals surface area contributed by atoms with Crippen molar-refractivity contribution < 1.29 is 4.79 Å². The summed E-state index contributed by atoms with van der Waals surface area (Å²) in [5.41, 5.74) is 6.52. The van der Waals surface area contributed by atoms with Gasteiger partial charge in [0.05, 0.1) is 15.8 Å². The zero-order valence-electron chi connectivity index (χ0n) is 13.4. The Hall–Kier alpha value is -1.66. The van der Waals surface area contributed by atoms with Gasteiger partial charge in [-0.25, -0.2) is 4.98 Å². The standard InChI is InChI=1S/C16H23N4OS/c1-4-20(5-2)11-7-10-19(3)16-18-14-12(15(17)21)8-6-9-13(14)22-16/h8-9H,4-5,7,10-11H2,1-3H3,(H2,17,21). The average molecular weight is 319 g/mol. The van der Waals surface area contributed by atoms with Crippen LogP contribution in [-0.4, -0.2) is 49.0 Å². The second kappa shape index (κ2) is 7.56. The molecule has 0 aliphatic carbocycles. The number of aromatic nitrogens is 1. The van der Waals surface area contributed by atoms with Crippen molar-refractivity contribution >= 4 is 32.6 Å². The molecule has 1 aromatic heterocycles. The predicted molar refractivity (Wildman–Crippen MR) is 92.6 cm³/mol. The van der Waals surface area contributed by atoms with Crippen LogP contribution in [0.1, 0.15) is 30.6 Å². The van der Waals surface area contributed by atoms with Crippen molar-refractivity contribution in [1.82, 2.24) is 9.88 Å². The third kappa shape index (κ3) is 3.75. The lowest BCUT2D eigenvalue weighted by Crippen LogP contribution is -2.28. The Labute approximate surface area is 135 Å². The van der Waals surface area contributed by atoms with Crippen LogP contribution in [0.25, 0.3) is 10.2 Å². The summed E-state index contributed by atoms with van der Waals surface area (Å²) in [5, 5.41) is 0.914. The third-order valence-corrected chi connectivity index (χ3v) is 4.91. The molecular formula is C16H23N4OS. The zero-order chi connectivity index (χ0) is 16.1. The third-order valence-electron chi connectivity index (χ3n) is 3.79. The number of carbonyl (C=O) groups is 1. The Morgan fingerprint density at radius 2 is 2.05 bits per heavy atom. The Morgan fingerprint density at radius 3 is 2.68 bits per heavy atom. The molecule has 5 nitrogen and oxygen atoms in total. The molecule has 0 fully saturated rings. The number of anilines is 1. The van der Waals surface area contributed by atoms with E-state index in [0.29, 0.717) is 11.1 Å². The molecule has 2 N–H and O–H groups in total. The normalized spacial score (nSPS) is 11.3. The van der Waals surface area contributed by atoms with Crippen molar-refractivity contribution in [2.45, 2.75) is 20.3 Å². The summed E-state index contributed by atoms with van der Waals surface area (Å²) in [5.74, 6) is -0.456. The maximum atomic E-state index is 11.5. The van der Waals surface area contributed by atoms with E-state index in [1.165, 1.54) is 0 Å². The fourth-order valence-electron chi connectivity index (χ4n) is 2.40. The SMILES string of the molecule is CCN(CC)CCCN(C)c1nc2c(C(N)=O)c[c]cc2s1. The maximum absolute atomic E-state index is 11.5. The van der Waals surface area contributed by atoms with Gasteiger partial charge in [-0.3, -0.25) is 4.79 Å². The van der Waals surface area contributed by atoms with E-state index in [2.05, 4.69) is 34.7 Å². The molecule has 1 heterocycles. The predicted octanol–water partition coefficient (Wildman–Crippen LogP) is 2.36. The lowest BCUT2D eigenvalue weighted by molar-refractivity contribution is 0.100. The quantitative estimate of drug-likeness (QED) is 0.811. The Balaban J connectivity index is 2.07. The number of thiazole rings is 1. The molecule has 0 atom stereocenters. The summed E-state index contributed by atoms with van der Waals surface area (Å²) in [7, 11) is 2.04. The maximum Gasteiger partial charge on any atom is 0.250 e. The van der Waals surface area contributed by atoms with E-state index in [1.54, 1.807) is 17.4 Å². The second-order valence-electron chi connectivity index (χ2n) is 5.24. The molecule has 6 heteroatoms. The molecule has 0 saturated carbocycles. The van der Waals surface area contributed by atoms with Crippen LogP contribution in [0.5, 0.6) is 0 Å². The van der Waals surface area contributed by atoms with Crippen LogP contribution in [0.15, 0.2) is 12.1 Å². The number of amides is 1. The smallest absolute Gasteiger partial charge is 0.250 e. The van der Waals surface area contributed by atoms with Gasteiger partial charge < -0.3 is 15.5 Å². The monoisotopic (exact) mass is 319 g/mol. The summed E-state index contributed by atoms with van der Waals surface area (Å²) < 4.78 is 0.946. The fourth-order valence-corrected chi connectivity index (χ4v) is 3.36. The number of fused-ring (bicyclic) bond motifs is 1. The van der Waals surface area contributed by atoms with Crippen molar-refractivity contribution in [1.29, 1.82) is 0 Å². The number of nitrogens with zero attached hydrogens (tertiary/aromatic N) is 3. The van der Waals surface area contributed by atoms with Gasteiger partial charge in [0.25, 0.3) is 5.91 Å². The van der Waals surface area contributed by atoms with Gasteiger partial charge in [0.1, 0.15) is 0 Å². The van der Waals surface area contributed by atoms with Crippen molar-refractivity contribution in [3.05, 3.63) is 23.8 Å². The van der Waals surface area contributed by atoms with Gasteiger partial charge in [-0.2, -0.15) is 0 Å². The first-order valence-electron chi connectivity index (χ1n) is 7.60. The number of hydrogen-bond acceptors (Lipinski definition) is 5. The van der Waals surface area contributed by atoms with Gasteiger partial charge >= 0.3 is 0 Å². The lowest BCUT2D eigenvalue weighted by atomic mass is 10.2. The average Bonchev–Trinajstić information content (AvgIpc) is 2.95.